The highest BCUT2D eigenvalue weighted by molar-refractivity contribution is 5.39. The molecule has 0 saturated carbocycles. The smallest absolute Gasteiger partial charge is 0.422 e. The largest absolute Gasteiger partial charge is 0.485 e. The standard InChI is InChI=1S/C15H12F4O2/c16-12-5-3-4-11(8-12)9-20-13-6-1-2-7-14(13)21-10-15(17,18)19/h1-8H,9-10H2. The lowest BCUT2D eigenvalue weighted by Gasteiger charge is -2.13. The molecule has 0 fully saturated rings. The van der Waals surface area contributed by atoms with E-state index in [1.165, 1.54) is 30.3 Å². The van der Waals surface area contributed by atoms with Crippen LogP contribution in [0.2, 0.25) is 0 Å². The van der Waals surface area contributed by atoms with E-state index in [4.69, 9.17) is 4.74 Å². The minimum atomic E-state index is -4.42. The van der Waals surface area contributed by atoms with Crippen LogP contribution in [0.3, 0.4) is 0 Å². The average molecular weight is 300 g/mol. The van der Waals surface area contributed by atoms with E-state index < -0.39 is 18.6 Å². The number of benzene rings is 2. The minimum absolute atomic E-state index is 0.00812. The van der Waals surface area contributed by atoms with Crippen LogP contribution in [0.1, 0.15) is 5.56 Å². The van der Waals surface area contributed by atoms with Crippen LogP contribution in [0, 0.1) is 5.82 Å². The molecule has 0 heterocycles. The van der Waals surface area contributed by atoms with Crippen molar-refractivity contribution in [3.8, 4) is 11.5 Å². The Bertz CT molecular complexity index is 596. The predicted octanol–water partition coefficient (Wildman–Crippen LogP) is 4.35. The van der Waals surface area contributed by atoms with E-state index in [-0.39, 0.29) is 18.1 Å². The van der Waals surface area contributed by atoms with E-state index in [1.54, 1.807) is 18.2 Å². The molecule has 0 aromatic heterocycles. The molecule has 21 heavy (non-hydrogen) atoms. The lowest BCUT2D eigenvalue weighted by Crippen LogP contribution is -2.19. The molecule has 2 nitrogen and oxygen atoms in total. The van der Waals surface area contributed by atoms with Gasteiger partial charge in [-0.05, 0) is 29.8 Å². The molecule has 0 spiro atoms. The number of hydrogen-bond acceptors (Lipinski definition) is 2. The number of para-hydroxylation sites is 2. The lowest BCUT2D eigenvalue weighted by molar-refractivity contribution is -0.153. The van der Waals surface area contributed by atoms with Crippen molar-refractivity contribution in [1.29, 1.82) is 0 Å². The number of rotatable bonds is 5. The Morgan fingerprint density at radius 1 is 0.857 bits per heavy atom. The van der Waals surface area contributed by atoms with E-state index in [0.29, 0.717) is 5.56 Å². The molecule has 0 N–H and O–H groups in total. The van der Waals surface area contributed by atoms with Crippen LogP contribution in [0.15, 0.2) is 48.5 Å². The van der Waals surface area contributed by atoms with Gasteiger partial charge in [-0.3, -0.25) is 0 Å². The van der Waals surface area contributed by atoms with Gasteiger partial charge in [0.1, 0.15) is 12.4 Å². The van der Waals surface area contributed by atoms with Crippen LogP contribution in [-0.2, 0) is 6.61 Å². The van der Waals surface area contributed by atoms with Crippen molar-refractivity contribution in [2.45, 2.75) is 12.8 Å². The van der Waals surface area contributed by atoms with Crippen molar-refractivity contribution in [3.05, 3.63) is 59.9 Å². The molecule has 0 bridgehead atoms. The van der Waals surface area contributed by atoms with Crippen molar-refractivity contribution in [3.63, 3.8) is 0 Å². The maximum Gasteiger partial charge on any atom is 0.422 e. The Morgan fingerprint density at radius 2 is 1.52 bits per heavy atom. The molecule has 0 aliphatic carbocycles. The molecule has 112 valence electrons. The number of halogens is 4. The molecule has 6 heteroatoms. The molecule has 0 atom stereocenters. The third kappa shape index (κ3) is 4.98. The zero-order valence-corrected chi connectivity index (χ0v) is 10.9. The Balaban J connectivity index is 2.03. The van der Waals surface area contributed by atoms with Gasteiger partial charge in [0.2, 0.25) is 0 Å². The van der Waals surface area contributed by atoms with Crippen molar-refractivity contribution in [1.82, 2.24) is 0 Å². The highest BCUT2D eigenvalue weighted by Crippen LogP contribution is 2.29. The van der Waals surface area contributed by atoms with E-state index in [2.05, 4.69) is 4.74 Å². The van der Waals surface area contributed by atoms with Gasteiger partial charge >= 0.3 is 6.18 Å². The normalized spacial score (nSPS) is 11.2. The van der Waals surface area contributed by atoms with Gasteiger partial charge in [0.05, 0.1) is 0 Å². The van der Waals surface area contributed by atoms with E-state index in [0.717, 1.165) is 0 Å². The first-order chi connectivity index (χ1) is 9.94. The maximum absolute atomic E-state index is 13.0. The van der Waals surface area contributed by atoms with Gasteiger partial charge in [-0.2, -0.15) is 13.2 Å². The fourth-order valence-electron chi connectivity index (χ4n) is 1.64. The molecule has 2 aromatic rings. The summed E-state index contributed by atoms with van der Waals surface area (Å²) in [5.41, 5.74) is 0.570. The fourth-order valence-corrected chi connectivity index (χ4v) is 1.64. The summed E-state index contributed by atoms with van der Waals surface area (Å²) in [7, 11) is 0. The van der Waals surface area contributed by atoms with Crippen LogP contribution in [0.25, 0.3) is 0 Å². The van der Waals surface area contributed by atoms with Gasteiger partial charge in [-0.25, -0.2) is 4.39 Å². The summed E-state index contributed by atoms with van der Waals surface area (Å²) in [5.74, 6) is -0.241. The van der Waals surface area contributed by atoms with Crippen LogP contribution in [0.5, 0.6) is 11.5 Å². The molecule has 0 aliphatic heterocycles. The van der Waals surface area contributed by atoms with Gasteiger partial charge in [0.25, 0.3) is 0 Å². The first-order valence-electron chi connectivity index (χ1n) is 6.10. The Kier molecular flexibility index (Phi) is 4.67. The molecule has 0 amide bonds. The summed E-state index contributed by atoms with van der Waals surface area (Å²) < 4.78 is 59.6. The van der Waals surface area contributed by atoms with Crippen molar-refractivity contribution >= 4 is 0 Å². The van der Waals surface area contributed by atoms with Gasteiger partial charge in [-0.15, -0.1) is 0 Å². The molecular weight excluding hydrogens is 288 g/mol. The van der Waals surface area contributed by atoms with Crippen molar-refractivity contribution in [2.75, 3.05) is 6.61 Å². The topological polar surface area (TPSA) is 18.5 Å². The summed E-state index contributed by atoms with van der Waals surface area (Å²) in [6.45, 7) is -1.36. The summed E-state index contributed by atoms with van der Waals surface area (Å²) in [6.07, 6.45) is -4.42. The highest BCUT2D eigenvalue weighted by Gasteiger charge is 2.28. The summed E-state index contributed by atoms with van der Waals surface area (Å²) in [5, 5.41) is 0. The second-order valence-corrected chi connectivity index (χ2v) is 4.27. The van der Waals surface area contributed by atoms with Crippen LogP contribution >= 0.6 is 0 Å². The zero-order chi connectivity index (χ0) is 15.3. The molecule has 0 unspecified atom stereocenters. The summed E-state index contributed by atoms with van der Waals surface area (Å²) >= 11 is 0. The molecule has 2 rings (SSSR count). The fraction of sp³-hybridized carbons (Fsp3) is 0.200. The monoisotopic (exact) mass is 300 g/mol. The third-order valence-electron chi connectivity index (χ3n) is 2.52. The first-order valence-corrected chi connectivity index (χ1v) is 6.10. The Hall–Kier alpha value is -2.24. The second kappa shape index (κ2) is 6.47. The third-order valence-corrected chi connectivity index (χ3v) is 2.52. The maximum atomic E-state index is 13.0. The molecule has 0 aliphatic rings. The Morgan fingerprint density at radius 3 is 2.14 bits per heavy atom. The van der Waals surface area contributed by atoms with Gasteiger partial charge in [-0.1, -0.05) is 24.3 Å². The van der Waals surface area contributed by atoms with E-state index in [1.807, 2.05) is 0 Å². The summed E-state index contributed by atoms with van der Waals surface area (Å²) in [6, 6.07) is 11.8. The zero-order valence-electron chi connectivity index (χ0n) is 10.9. The average Bonchev–Trinajstić information content (AvgIpc) is 2.43. The van der Waals surface area contributed by atoms with E-state index >= 15 is 0 Å². The van der Waals surface area contributed by atoms with Crippen molar-refractivity contribution in [2.24, 2.45) is 0 Å². The lowest BCUT2D eigenvalue weighted by atomic mass is 10.2. The quantitative estimate of drug-likeness (QED) is 0.764. The van der Waals surface area contributed by atoms with Gasteiger partial charge in [0.15, 0.2) is 18.1 Å². The molecule has 0 saturated heterocycles. The molecular formula is C15H12F4O2. The first kappa shape index (κ1) is 15.2. The predicted molar refractivity (Wildman–Crippen MR) is 68.7 cm³/mol. The second-order valence-electron chi connectivity index (χ2n) is 4.27. The SMILES string of the molecule is Fc1cccc(COc2ccccc2OCC(F)(F)F)c1. The summed E-state index contributed by atoms with van der Waals surface area (Å²) in [4.78, 5) is 0. The Labute approximate surface area is 118 Å². The van der Waals surface area contributed by atoms with Gasteiger partial charge < -0.3 is 9.47 Å². The molecule has 2 aromatic carbocycles. The van der Waals surface area contributed by atoms with Crippen molar-refractivity contribution < 1.29 is 27.0 Å². The van der Waals surface area contributed by atoms with Crippen LogP contribution < -0.4 is 9.47 Å². The minimum Gasteiger partial charge on any atom is -0.485 e. The van der Waals surface area contributed by atoms with Crippen LogP contribution in [0.4, 0.5) is 17.6 Å². The van der Waals surface area contributed by atoms with E-state index in [9.17, 15) is 17.6 Å². The number of hydrogen-bond donors (Lipinski definition) is 0. The molecule has 0 radical (unpaired) electrons. The van der Waals surface area contributed by atoms with Gasteiger partial charge in [0, 0.05) is 0 Å². The van der Waals surface area contributed by atoms with Crippen LogP contribution in [-0.4, -0.2) is 12.8 Å². The number of alkyl halides is 3. The number of ether oxygens (including phenoxy) is 2. The highest BCUT2D eigenvalue weighted by atomic mass is 19.4.